The monoisotopic (exact) mass is 562 g/mol. The number of carbonyl (C=O) groups excluding carboxylic acids is 1. The average molecular weight is 562 g/mol. The van der Waals surface area contributed by atoms with Crippen molar-refractivity contribution >= 4 is 22.3 Å². The molecule has 3 heterocycles. The van der Waals surface area contributed by atoms with Crippen LogP contribution >= 0.6 is 0 Å². The number of carbonyl (C=O) groups is 1. The maximum Gasteiger partial charge on any atom is 0.420 e. The lowest BCUT2D eigenvalue weighted by Crippen LogP contribution is -2.42. The average Bonchev–Trinajstić information content (AvgIpc) is 3.32. The van der Waals surface area contributed by atoms with E-state index in [0.717, 1.165) is 35.5 Å². The molecule has 0 saturated carbocycles. The molecule has 0 atom stereocenters. The fourth-order valence-corrected chi connectivity index (χ4v) is 4.90. The van der Waals surface area contributed by atoms with Gasteiger partial charge in [-0.25, -0.2) is 27.7 Å². The Morgan fingerprint density at radius 2 is 1.68 bits per heavy atom. The van der Waals surface area contributed by atoms with E-state index in [4.69, 9.17) is 0 Å². The summed E-state index contributed by atoms with van der Waals surface area (Å²) in [4.78, 5) is 22.5. The zero-order valence-electron chi connectivity index (χ0n) is 19.6. The van der Waals surface area contributed by atoms with E-state index in [1.54, 1.807) is 0 Å². The summed E-state index contributed by atoms with van der Waals surface area (Å²) >= 11 is 0. The Labute approximate surface area is 212 Å². The van der Waals surface area contributed by atoms with Crippen LogP contribution in [0, 0.1) is 0 Å². The standard InChI is InChI=1S/C22H20F6N6O3S/c1-38(36,37)34-6-4-14(5-7-34)31-20-29-9-16(22(26,27)28)19(32-20)17-10-33(12-30-17)18-3-2-13(11-35)8-15(18)21(23,24)25/h2-3,8-12,14H,4-7H2,1H3,(H,29,31,32). The Balaban J connectivity index is 1.67. The van der Waals surface area contributed by atoms with Crippen LogP contribution in [0.15, 0.2) is 36.9 Å². The first-order chi connectivity index (χ1) is 17.7. The Morgan fingerprint density at radius 3 is 2.26 bits per heavy atom. The van der Waals surface area contributed by atoms with E-state index in [9.17, 15) is 39.6 Å². The van der Waals surface area contributed by atoms with Gasteiger partial charge in [-0.1, -0.05) is 0 Å². The number of halogens is 6. The van der Waals surface area contributed by atoms with Gasteiger partial charge in [0.05, 0.1) is 23.8 Å². The minimum Gasteiger partial charge on any atom is -0.351 e. The number of sulfonamides is 1. The van der Waals surface area contributed by atoms with E-state index in [-0.39, 0.29) is 42.6 Å². The summed E-state index contributed by atoms with van der Waals surface area (Å²) in [6.45, 7) is 0.414. The molecule has 16 heteroatoms. The summed E-state index contributed by atoms with van der Waals surface area (Å²) in [7, 11) is -3.37. The SMILES string of the molecule is CS(=O)(=O)N1CCC(Nc2ncc(C(F)(F)F)c(-c3cn(-c4ccc(C=O)cc4C(F)(F)F)cn3)n2)CC1. The molecule has 204 valence electrons. The van der Waals surface area contributed by atoms with Crippen molar-refractivity contribution in [3.05, 3.63) is 53.6 Å². The van der Waals surface area contributed by atoms with Crippen molar-refractivity contribution in [2.45, 2.75) is 31.2 Å². The van der Waals surface area contributed by atoms with Crippen molar-refractivity contribution in [2.24, 2.45) is 0 Å². The van der Waals surface area contributed by atoms with Crippen LogP contribution in [0.25, 0.3) is 17.1 Å². The largest absolute Gasteiger partial charge is 0.420 e. The number of hydrogen-bond acceptors (Lipinski definition) is 7. The Bertz CT molecular complexity index is 1450. The van der Waals surface area contributed by atoms with Gasteiger partial charge >= 0.3 is 12.4 Å². The predicted octanol–water partition coefficient (Wildman–Crippen LogP) is 4.02. The van der Waals surface area contributed by atoms with Crippen molar-refractivity contribution in [3.8, 4) is 17.1 Å². The molecule has 1 aliphatic heterocycles. The molecule has 0 radical (unpaired) electrons. The first-order valence-electron chi connectivity index (χ1n) is 11.0. The highest BCUT2D eigenvalue weighted by Gasteiger charge is 2.37. The van der Waals surface area contributed by atoms with Crippen LogP contribution in [0.5, 0.6) is 0 Å². The molecule has 1 aliphatic rings. The molecular formula is C22H20F6N6O3S. The molecule has 0 amide bonds. The van der Waals surface area contributed by atoms with Crippen LogP contribution in [0.2, 0.25) is 0 Å². The highest BCUT2D eigenvalue weighted by Crippen LogP contribution is 2.37. The van der Waals surface area contributed by atoms with Crippen LogP contribution < -0.4 is 5.32 Å². The number of alkyl halides is 6. The van der Waals surface area contributed by atoms with E-state index in [2.05, 4.69) is 20.3 Å². The summed E-state index contributed by atoms with van der Waals surface area (Å²) < 4.78 is 108. The fraction of sp³-hybridized carbons (Fsp3) is 0.364. The van der Waals surface area contributed by atoms with Gasteiger partial charge in [0.1, 0.15) is 23.2 Å². The second-order valence-corrected chi connectivity index (χ2v) is 10.6. The van der Waals surface area contributed by atoms with Crippen molar-refractivity contribution < 1.29 is 39.6 Å². The smallest absolute Gasteiger partial charge is 0.351 e. The molecule has 9 nitrogen and oxygen atoms in total. The van der Waals surface area contributed by atoms with E-state index in [1.165, 1.54) is 4.31 Å². The van der Waals surface area contributed by atoms with Crippen LogP contribution in [0.4, 0.5) is 32.3 Å². The summed E-state index contributed by atoms with van der Waals surface area (Å²) in [6, 6.07) is 2.46. The molecule has 1 fully saturated rings. The Hall–Kier alpha value is -3.53. The molecular weight excluding hydrogens is 542 g/mol. The van der Waals surface area contributed by atoms with Crippen molar-refractivity contribution in [2.75, 3.05) is 24.7 Å². The van der Waals surface area contributed by atoms with E-state index in [1.807, 2.05) is 0 Å². The molecule has 0 bridgehead atoms. The minimum absolute atomic E-state index is 0.174. The third-order valence-corrected chi connectivity index (χ3v) is 7.22. The van der Waals surface area contributed by atoms with Crippen molar-refractivity contribution in [1.82, 2.24) is 23.8 Å². The zero-order valence-corrected chi connectivity index (χ0v) is 20.4. The minimum atomic E-state index is -4.89. The van der Waals surface area contributed by atoms with Gasteiger partial charge in [0.15, 0.2) is 0 Å². The lowest BCUT2D eigenvalue weighted by molar-refractivity contribution is -0.138. The maximum absolute atomic E-state index is 13.7. The van der Waals surface area contributed by atoms with Gasteiger partial charge in [-0.15, -0.1) is 0 Å². The number of nitrogens with zero attached hydrogens (tertiary/aromatic N) is 5. The van der Waals surface area contributed by atoms with E-state index < -0.39 is 44.9 Å². The molecule has 1 aromatic carbocycles. The quantitative estimate of drug-likeness (QED) is 0.357. The molecule has 0 spiro atoms. The number of aldehydes is 1. The zero-order chi connectivity index (χ0) is 27.9. The van der Waals surface area contributed by atoms with Crippen LogP contribution in [0.1, 0.15) is 34.3 Å². The van der Waals surface area contributed by atoms with Crippen LogP contribution in [0.3, 0.4) is 0 Å². The summed E-state index contributed by atoms with van der Waals surface area (Å²) in [5, 5.41) is 2.89. The molecule has 0 aliphatic carbocycles. The van der Waals surface area contributed by atoms with Gasteiger partial charge in [0, 0.05) is 37.1 Å². The van der Waals surface area contributed by atoms with Crippen LogP contribution in [-0.4, -0.2) is 63.9 Å². The number of nitrogens with one attached hydrogen (secondary N) is 1. The molecule has 1 N–H and O–H groups in total. The summed E-state index contributed by atoms with van der Waals surface area (Å²) in [6.07, 6.45) is -5.26. The number of anilines is 1. The fourth-order valence-electron chi connectivity index (χ4n) is 4.02. The van der Waals surface area contributed by atoms with Gasteiger partial charge in [-0.3, -0.25) is 4.79 Å². The summed E-state index contributed by atoms with van der Waals surface area (Å²) in [5.41, 5.74) is -4.10. The van der Waals surface area contributed by atoms with Gasteiger partial charge in [0.25, 0.3) is 0 Å². The normalized spacial score (nSPS) is 16.0. The van der Waals surface area contributed by atoms with Crippen molar-refractivity contribution in [3.63, 3.8) is 0 Å². The van der Waals surface area contributed by atoms with E-state index in [0.29, 0.717) is 25.1 Å². The lowest BCUT2D eigenvalue weighted by atomic mass is 10.1. The number of aromatic nitrogens is 4. The van der Waals surface area contributed by atoms with E-state index >= 15 is 0 Å². The van der Waals surface area contributed by atoms with Gasteiger partial charge in [0.2, 0.25) is 16.0 Å². The Kier molecular flexibility index (Phi) is 7.22. The topological polar surface area (TPSA) is 110 Å². The molecule has 1 saturated heterocycles. The third kappa shape index (κ3) is 5.96. The first-order valence-corrected chi connectivity index (χ1v) is 12.9. The maximum atomic E-state index is 13.7. The predicted molar refractivity (Wildman–Crippen MR) is 123 cm³/mol. The number of rotatable bonds is 6. The summed E-state index contributed by atoms with van der Waals surface area (Å²) in [5.74, 6) is -0.174. The number of benzene rings is 1. The lowest BCUT2D eigenvalue weighted by Gasteiger charge is -2.30. The Morgan fingerprint density at radius 1 is 1.03 bits per heavy atom. The van der Waals surface area contributed by atoms with Crippen molar-refractivity contribution in [1.29, 1.82) is 0 Å². The van der Waals surface area contributed by atoms with Gasteiger partial charge in [-0.2, -0.15) is 26.3 Å². The third-order valence-electron chi connectivity index (χ3n) is 5.92. The highest BCUT2D eigenvalue weighted by molar-refractivity contribution is 7.88. The first kappa shape index (κ1) is 27.5. The number of imidazole rings is 1. The van der Waals surface area contributed by atoms with Gasteiger partial charge < -0.3 is 9.88 Å². The van der Waals surface area contributed by atoms with Gasteiger partial charge in [-0.05, 0) is 31.0 Å². The molecule has 0 unspecified atom stereocenters. The highest BCUT2D eigenvalue weighted by atomic mass is 32.2. The molecule has 4 rings (SSSR count). The second kappa shape index (κ2) is 9.98. The second-order valence-electron chi connectivity index (χ2n) is 8.59. The molecule has 3 aromatic rings. The number of piperidine rings is 1. The molecule has 2 aromatic heterocycles. The molecule has 38 heavy (non-hydrogen) atoms. The van der Waals surface area contributed by atoms with Crippen LogP contribution in [-0.2, 0) is 22.4 Å². The number of hydrogen-bond donors (Lipinski definition) is 1.